The second-order valence-corrected chi connectivity index (χ2v) is 2.93. The number of rotatable bonds is 9. The Labute approximate surface area is 81.0 Å². The molecule has 0 aromatic heterocycles. The van der Waals surface area contributed by atoms with Gasteiger partial charge in [-0.05, 0) is 19.3 Å². The molecule has 0 aliphatic carbocycles. The summed E-state index contributed by atoms with van der Waals surface area (Å²) >= 11 is 4.63. The molecule has 2 nitrogen and oxygen atoms in total. The fraction of sp³-hybridized carbons (Fsp3) is 1.00. The van der Waals surface area contributed by atoms with Crippen molar-refractivity contribution in [1.82, 2.24) is 0 Å². The van der Waals surface area contributed by atoms with Gasteiger partial charge in [0.25, 0.3) is 0 Å². The Morgan fingerprint density at radius 1 is 0.917 bits per heavy atom. The SMILES string of the molecule is CCCCOCCCCOC[S]. The molecule has 0 atom stereocenters. The van der Waals surface area contributed by atoms with Crippen LogP contribution in [0.25, 0.3) is 0 Å². The topological polar surface area (TPSA) is 18.5 Å². The Kier molecular flexibility index (Phi) is 11.5. The van der Waals surface area contributed by atoms with Crippen LogP contribution in [-0.4, -0.2) is 25.8 Å². The maximum Gasteiger partial charge on any atom is 0.102 e. The van der Waals surface area contributed by atoms with E-state index >= 15 is 0 Å². The first-order valence-corrected chi connectivity index (χ1v) is 5.23. The quantitative estimate of drug-likeness (QED) is 0.522. The van der Waals surface area contributed by atoms with Crippen molar-refractivity contribution >= 4 is 12.6 Å². The average molecular weight is 191 g/mol. The molecule has 3 heteroatoms. The van der Waals surface area contributed by atoms with Crippen molar-refractivity contribution in [1.29, 1.82) is 0 Å². The van der Waals surface area contributed by atoms with Crippen molar-refractivity contribution in [3.63, 3.8) is 0 Å². The summed E-state index contributed by atoms with van der Waals surface area (Å²) in [5.74, 6) is 0.413. The summed E-state index contributed by atoms with van der Waals surface area (Å²) in [4.78, 5) is 0. The third-order valence-corrected chi connectivity index (χ3v) is 1.72. The zero-order valence-electron chi connectivity index (χ0n) is 7.88. The highest BCUT2D eigenvalue weighted by molar-refractivity contribution is 7.80. The van der Waals surface area contributed by atoms with Crippen molar-refractivity contribution < 1.29 is 9.47 Å². The van der Waals surface area contributed by atoms with Gasteiger partial charge in [-0.15, -0.1) is 0 Å². The molecule has 0 aliphatic heterocycles. The minimum Gasteiger partial charge on any atom is -0.381 e. The highest BCUT2D eigenvalue weighted by Crippen LogP contribution is 1.94. The second-order valence-electron chi connectivity index (χ2n) is 2.70. The van der Waals surface area contributed by atoms with Gasteiger partial charge in [0.2, 0.25) is 0 Å². The minimum absolute atomic E-state index is 0.413. The number of hydrogen-bond acceptors (Lipinski definition) is 2. The maximum absolute atomic E-state index is 5.37. The van der Waals surface area contributed by atoms with Gasteiger partial charge in [-0.25, -0.2) is 0 Å². The highest BCUT2D eigenvalue weighted by Gasteiger charge is 1.89. The molecular formula is C9H19O2S. The van der Waals surface area contributed by atoms with E-state index in [0.29, 0.717) is 5.94 Å². The molecule has 73 valence electrons. The first-order valence-electron chi connectivity index (χ1n) is 4.65. The van der Waals surface area contributed by atoms with Gasteiger partial charge in [0.1, 0.15) is 5.94 Å². The first kappa shape index (κ1) is 12.3. The van der Waals surface area contributed by atoms with Crippen LogP contribution in [0.1, 0.15) is 32.6 Å². The smallest absolute Gasteiger partial charge is 0.102 e. The predicted octanol–water partition coefficient (Wildman–Crippen LogP) is 2.75. The lowest BCUT2D eigenvalue weighted by Gasteiger charge is -2.02. The zero-order chi connectivity index (χ0) is 9.07. The lowest BCUT2D eigenvalue weighted by atomic mass is 10.3. The predicted molar refractivity (Wildman–Crippen MR) is 53.4 cm³/mol. The summed E-state index contributed by atoms with van der Waals surface area (Å²) in [5, 5.41) is 0. The van der Waals surface area contributed by atoms with Crippen molar-refractivity contribution in [3.8, 4) is 0 Å². The fourth-order valence-corrected chi connectivity index (χ4v) is 0.933. The van der Waals surface area contributed by atoms with Crippen LogP contribution in [0, 0.1) is 0 Å². The van der Waals surface area contributed by atoms with Crippen LogP contribution in [0.5, 0.6) is 0 Å². The third kappa shape index (κ3) is 10.3. The van der Waals surface area contributed by atoms with Gasteiger partial charge in [0.05, 0.1) is 0 Å². The molecule has 0 bridgehead atoms. The molecule has 0 heterocycles. The average Bonchev–Trinajstić information content (AvgIpc) is 2.10. The minimum atomic E-state index is 0.413. The molecule has 0 aromatic rings. The van der Waals surface area contributed by atoms with Gasteiger partial charge in [-0.3, -0.25) is 0 Å². The van der Waals surface area contributed by atoms with Crippen molar-refractivity contribution in [2.75, 3.05) is 25.8 Å². The fourth-order valence-electron chi connectivity index (χ4n) is 0.816. The molecule has 0 aromatic carbocycles. The Bertz CT molecular complexity index is 68.9. The summed E-state index contributed by atoms with van der Waals surface area (Å²) < 4.78 is 10.4. The molecule has 0 unspecified atom stereocenters. The number of ether oxygens (including phenoxy) is 2. The van der Waals surface area contributed by atoms with Gasteiger partial charge in [-0.2, -0.15) is 0 Å². The van der Waals surface area contributed by atoms with Crippen LogP contribution in [-0.2, 0) is 9.47 Å². The van der Waals surface area contributed by atoms with E-state index in [0.717, 1.165) is 32.7 Å². The monoisotopic (exact) mass is 191 g/mol. The van der Waals surface area contributed by atoms with Crippen LogP contribution < -0.4 is 0 Å². The number of hydrogen-bond donors (Lipinski definition) is 0. The Hall–Kier alpha value is 0.270. The van der Waals surface area contributed by atoms with Gasteiger partial charge in [0, 0.05) is 19.8 Å². The highest BCUT2D eigenvalue weighted by atomic mass is 32.1. The lowest BCUT2D eigenvalue weighted by Crippen LogP contribution is -1.99. The van der Waals surface area contributed by atoms with E-state index in [1.54, 1.807) is 0 Å². The van der Waals surface area contributed by atoms with Crippen LogP contribution in [0.3, 0.4) is 0 Å². The van der Waals surface area contributed by atoms with Crippen molar-refractivity contribution in [2.24, 2.45) is 0 Å². The molecule has 0 saturated heterocycles. The molecule has 0 fully saturated rings. The summed E-state index contributed by atoms with van der Waals surface area (Å²) in [6.07, 6.45) is 4.52. The molecule has 1 radical (unpaired) electrons. The normalized spacial score (nSPS) is 10.5. The third-order valence-electron chi connectivity index (χ3n) is 1.55. The van der Waals surface area contributed by atoms with E-state index in [1.807, 2.05) is 0 Å². The Morgan fingerprint density at radius 3 is 2.08 bits per heavy atom. The van der Waals surface area contributed by atoms with E-state index < -0.39 is 0 Å². The van der Waals surface area contributed by atoms with Crippen molar-refractivity contribution in [3.05, 3.63) is 0 Å². The second kappa shape index (κ2) is 11.3. The van der Waals surface area contributed by atoms with Gasteiger partial charge < -0.3 is 9.47 Å². The van der Waals surface area contributed by atoms with Crippen LogP contribution in [0.2, 0.25) is 0 Å². The van der Waals surface area contributed by atoms with E-state index in [4.69, 9.17) is 9.47 Å². The van der Waals surface area contributed by atoms with Gasteiger partial charge >= 0.3 is 0 Å². The maximum atomic E-state index is 5.37. The van der Waals surface area contributed by atoms with E-state index in [1.165, 1.54) is 12.8 Å². The summed E-state index contributed by atoms with van der Waals surface area (Å²) in [6.45, 7) is 4.71. The van der Waals surface area contributed by atoms with Crippen molar-refractivity contribution in [2.45, 2.75) is 32.6 Å². The molecule has 0 amide bonds. The molecule has 0 N–H and O–H groups in total. The van der Waals surface area contributed by atoms with Crippen LogP contribution in [0.4, 0.5) is 0 Å². The van der Waals surface area contributed by atoms with E-state index in [9.17, 15) is 0 Å². The van der Waals surface area contributed by atoms with Crippen LogP contribution >= 0.6 is 12.6 Å². The Morgan fingerprint density at radius 2 is 1.50 bits per heavy atom. The molecular weight excluding hydrogens is 172 g/mol. The van der Waals surface area contributed by atoms with E-state index in [-0.39, 0.29) is 0 Å². The molecule has 12 heavy (non-hydrogen) atoms. The molecule has 0 rings (SSSR count). The van der Waals surface area contributed by atoms with Gasteiger partial charge in [-0.1, -0.05) is 26.0 Å². The lowest BCUT2D eigenvalue weighted by molar-refractivity contribution is 0.115. The molecule has 0 spiro atoms. The van der Waals surface area contributed by atoms with E-state index in [2.05, 4.69) is 19.6 Å². The largest absolute Gasteiger partial charge is 0.381 e. The zero-order valence-corrected chi connectivity index (χ0v) is 8.70. The van der Waals surface area contributed by atoms with Crippen LogP contribution in [0.15, 0.2) is 0 Å². The van der Waals surface area contributed by atoms with Gasteiger partial charge in [0.15, 0.2) is 0 Å². The standard InChI is InChI=1S/C9H19O2S/c1-2-3-6-10-7-4-5-8-11-9-12/h2-9H2,1H3. The summed E-state index contributed by atoms with van der Waals surface area (Å²) in [7, 11) is 0. The molecule has 0 saturated carbocycles. The summed E-state index contributed by atoms with van der Waals surface area (Å²) in [6, 6.07) is 0. The first-order chi connectivity index (χ1) is 5.91. The molecule has 0 aliphatic rings. The Balaban J connectivity index is 2.73. The summed E-state index contributed by atoms with van der Waals surface area (Å²) in [5.41, 5.74) is 0. The number of unbranched alkanes of at least 4 members (excludes halogenated alkanes) is 2.